The predicted octanol–water partition coefficient (Wildman–Crippen LogP) is 3.25. The molecule has 2 N–H and O–H groups in total. The Bertz CT molecular complexity index is 558. The van der Waals surface area contributed by atoms with Gasteiger partial charge in [-0.2, -0.15) is 0 Å². The molecule has 2 aliphatic heterocycles. The van der Waals surface area contributed by atoms with Crippen molar-refractivity contribution in [1.29, 1.82) is 0 Å². The zero-order valence-corrected chi connectivity index (χ0v) is 13.7. The van der Waals surface area contributed by atoms with Gasteiger partial charge in [0.15, 0.2) is 0 Å². The number of anilines is 1. The first-order valence-electron chi connectivity index (χ1n) is 7.29. The molecule has 0 saturated carbocycles. The fourth-order valence-corrected chi connectivity index (χ4v) is 5.63. The summed E-state index contributed by atoms with van der Waals surface area (Å²) >= 11 is 3.89. The van der Waals surface area contributed by atoms with Crippen LogP contribution in [0.15, 0.2) is 24.3 Å². The highest BCUT2D eigenvalue weighted by Gasteiger charge is 2.34. The van der Waals surface area contributed by atoms with Gasteiger partial charge in [0.1, 0.15) is 6.04 Å². The van der Waals surface area contributed by atoms with Crippen molar-refractivity contribution in [2.45, 2.75) is 23.5 Å². The normalized spacial score (nSPS) is 22.0. The van der Waals surface area contributed by atoms with Crippen LogP contribution in [0.4, 0.5) is 10.5 Å². The van der Waals surface area contributed by atoms with Crippen molar-refractivity contribution in [3.63, 3.8) is 0 Å². The van der Waals surface area contributed by atoms with Gasteiger partial charge < -0.3 is 10.4 Å². The van der Waals surface area contributed by atoms with Crippen molar-refractivity contribution in [1.82, 2.24) is 4.90 Å². The lowest BCUT2D eigenvalue weighted by Crippen LogP contribution is -2.42. The minimum absolute atomic E-state index is 0.239. The van der Waals surface area contributed by atoms with Gasteiger partial charge in [0.2, 0.25) is 5.91 Å². The lowest BCUT2D eigenvalue weighted by atomic mass is 10.2. The van der Waals surface area contributed by atoms with Crippen molar-refractivity contribution >= 4 is 41.2 Å². The molecule has 2 saturated heterocycles. The van der Waals surface area contributed by atoms with Crippen LogP contribution in [0.2, 0.25) is 0 Å². The number of likely N-dealkylation sites (tertiary alicyclic amines) is 1. The van der Waals surface area contributed by atoms with Crippen LogP contribution >= 0.6 is 23.5 Å². The summed E-state index contributed by atoms with van der Waals surface area (Å²) in [4.78, 5) is 24.6. The monoisotopic (exact) mass is 338 g/mol. The number of carbonyl (C=O) groups excluding carboxylic acids is 1. The largest absolute Gasteiger partial charge is 0.465 e. The molecule has 0 bridgehead atoms. The van der Waals surface area contributed by atoms with Gasteiger partial charge in [-0.3, -0.25) is 9.69 Å². The highest BCUT2D eigenvalue weighted by molar-refractivity contribution is 8.19. The van der Waals surface area contributed by atoms with Gasteiger partial charge in [0, 0.05) is 23.7 Å². The first kappa shape index (κ1) is 15.6. The average molecular weight is 338 g/mol. The number of nitrogens with zero attached hydrogens (tertiary/aromatic N) is 1. The zero-order chi connectivity index (χ0) is 15.5. The summed E-state index contributed by atoms with van der Waals surface area (Å²) in [6.45, 7) is 0.433. The molecular weight excluding hydrogens is 320 g/mol. The van der Waals surface area contributed by atoms with E-state index in [9.17, 15) is 9.59 Å². The molecule has 2 fully saturated rings. The summed E-state index contributed by atoms with van der Waals surface area (Å²) in [5, 5.41) is 11.9. The first-order valence-corrected chi connectivity index (χ1v) is 9.38. The summed E-state index contributed by atoms with van der Waals surface area (Å²) < 4.78 is 0.488. The molecule has 1 aromatic rings. The summed E-state index contributed by atoms with van der Waals surface area (Å²) in [5.41, 5.74) is 1.98. The van der Waals surface area contributed by atoms with Gasteiger partial charge in [0.25, 0.3) is 0 Å². The third-order valence-corrected chi connectivity index (χ3v) is 6.98. The molecule has 2 heterocycles. The maximum absolute atomic E-state index is 12.2. The molecule has 1 atom stereocenters. The Morgan fingerprint density at radius 1 is 1.18 bits per heavy atom. The number of benzene rings is 1. The molecule has 2 aliphatic rings. The van der Waals surface area contributed by atoms with Crippen LogP contribution in [0.3, 0.4) is 0 Å². The molecule has 0 radical (unpaired) electrons. The van der Waals surface area contributed by atoms with E-state index in [1.165, 1.54) is 22.0 Å². The van der Waals surface area contributed by atoms with E-state index in [2.05, 4.69) is 5.32 Å². The molecule has 118 valence electrons. The molecule has 3 rings (SSSR count). The summed E-state index contributed by atoms with van der Waals surface area (Å²) in [6, 6.07) is 7.29. The van der Waals surface area contributed by atoms with Gasteiger partial charge in [-0.1, -0.05) is 12.1 Å². The molecule has 1 aromatic carbocycles. The molecule has 0 aromatic heterocycles. The number of carbonyl (C=O) groups is 2. The number of hydrogen-bond acceptors (Lipinski definition) is 4. The average Bonchev–Trinajstić information content (AvgIpc) is 3.19. The van der Waals surface area contributed by atoms with Gasteiger partial charge in [-0.05, 0) is 30.5 Å². The van der Waals surface area contributed by atoms with E-state index in [1.54, 1.807) is 0 Å². The fourth-order valence-electron chi connectivity index (χ4n) is 2.77. The Hall–Kier alpha value is -1.34. The van der Waals surface area contributed by atoms with Gasteiger partial charge in [-0.15, -0.1) is 23.5 Å². The third-order valence-electron chi connectivity index (χ3n) is 3.87. The van der Waals surface area contributed by atoms with Crippen molar-refractivity contribution in [3.05, 3.63) is 29.8 Å². The molecule has 22 heavy (non-hydrogen) atoms. The first-order chi connectivity index (χ1) is 10.6. The SMILES string of the molecule is O=C(Nc1ccc(C2SCCS2)cc1)[C@@H]1CCCN1C(=O)O. The summed E-state index contributed by atoms with van der Waals surface area (Å²) in [7, 11) is 0. The van der Waals surface area contributed by atoms with Crippen LogP contribution in [0.5, 0.6) is 0 Å². The Balaban J connectivity index is 1.62. The van der Waals surface area contributed by atoms with Crippen LogP contribution in [0.25, 0.3) is 0 Å². The van der Waals surface area contributed by atoms with Gasteiger partial charge in [-0.25, -0.2) is 4.79 Å². The fraction of sp³-hybridized carbons (Fsp3) is 0.467. The standard InChI is InChI=1S/C15H18N2O3S2/c18-13(12-2-1-7-17(12)15(19)20)16-11-5-3-10(4-6-11)14-21-8-9-22-14/h3-6,12,14H,1-2,7-9H2,(H,16,18)(H,19,20)/t12-/m0/s1. The van der Waals surface area contributed by atoms with Crippen molar-refractivity contribution in [2.75, 3.05) is 23.4 Å². The number of nitrogens with one attached hydrogen (secondary N) is 1. The molecule has 2 amide bonds. The van der Waals surface area contributed by atoms with Gasteiger partial charge in [0.05, 0.1) is 4.58 Å². The zero-order valence-electron chi connectivity index (χ0n) is 12.0. The van der Waals surface area contributed by atoms with E-state index in [0.717, 1.165) is 12.1 Å². The number of carboxylic acid groups (broad SMARTS) is 1. The van der Waals surface area contributed by atoms with E-state index in [-0.39, 0.29) is 5.91 Å². The second-order valence-electron chi connectivity index (χ2n) is 5.32. The van der Waals surface area contributed by atoms with Crippen molar-refractivity contribution in [3.8, 4) is 0 Å². The minimum Gasteiger partial charge on any atom is -0.465 e. The van der Waals surface area contributed by atoms with Crippen LogP contribution in [0, 0.1) is 0 Å². The molecule has 0 unspecified atom stereocenters. The lowest BCUT2D eigenvalue weighted by Gasteiger charge is -2.20. The van der Waals surface area contributed by atoms with Crippen LogP contribution < -0.4 is 5.32 Å². The Labute approximate surface area is 137 Å². The van der Waals surface area contributed by atoms with E-state index in [1.807, 2.05) is 47.8 Å². The molecule has 0 spiro atoms. The molecule has 0 aliphatic carbocycles. The van der Waals surface area contributed by atoms with Crippen LogP contribution in [-0.2, 0) is 4.79 Å². The van der Waals surface area contributed by atoms with E-state index in [4.69, 9.17) is 5.11 Å². The van der Waals surface area contributed by atoms with Crippen LogP contribution in [0.1, 0.15) is 23.0 Å². The summed E-state index contributed by atoms with van der Waals surface area (Å²) in [5.74, 6) is 2.12. The number of hydrogen-bond donors (Lipinski definition) is 2. The Morgan fingerprint density at radius 2 is 1.86 bits per heavy atom. The second kappa shape index (κ2) is 6.83. The Morgan fingerprint density at radius 3 is 2.50 bits per heavy atom. The second-order valence-corrected chi connectivity index (χ2v) is 8.04. The van der Waals surface area contributed by atoms with E-state index < -0.39 is 12.1 Å². The number of thioether (sulfide) groups is 2. The topological polar surface area (TPSA) is 69.6 Å². The van der Waals surface area contributed by atoms with Crippen molar-refractivity contribution < 1.29 is 14.7 Å². The Kier molecular flexibility index (Phi) is 4.83. The molecule has 5 nitrogen and oxygen atoms in total. The van der Waals surface area contributed by atoms with E-state index >= 15 is 0 Å². The molecular formula is C15H18N2O3S2. The van der Waals surface area contributed by atoms with Crippen molar-refractivity contribution in [2.24, 2.45) is 0 Å². The lowest BCUT2D eigenvalue weighted by molar-refractivity contribution is -0.119. The smallest absolute Gasteiger partial charge is 0.407 e. The summed E-state index contributed by atoms with van der Waals surface area (Å²) in [6.07, 6.45) is 0.300. The van der Waals surface area contributed by atoms with Crippen LogP contribution in [-0.4, -0.2) is 46.1 Å². The maximum atomic E-state index is 12.2. The quantitative estimate of drug-likeness (QED) is 0.885. The third kappa shape index (κ3) is 3.35. The van der Waals surface area contributed by atoms with E-state index in [0.29, 0.717) is 17.5 Å². The number of amides is 2. The molecule has 7 heteroatoms. The minimum atomic E-state index is -1.02. The predicted molar refractivity (Wildman–Crippen MR) is 90.5 cm³/mol. The highest BCUT2D eigenvalue weighted by atomic mass is 32.2. The maximum Gasteiger partial charge on any atom is 0.407 e. The number of rotatable bonds is 3. The highest BCUT2D eigenvalue weighted by Crippen LogP contribution is 2.45. The van der Waals surface area contributed by atoms with Gasteiger partial charge >= 0.3 is 6.09 Å².